The highest BCUT2D eigenvalue weighted by Crippen LogP contribution is 2.78. The van der Waals surface area contributed by atoms with Crippen LogP contribution in [0.25, 0.3) is 0 Å². The summed E-state index contributed by atoms with van der Waals surface area (Å²) in [6.07, 6.45) is 21.1. The summed E-state index contributed by atoms with van der Waals surface area (Å²) < 4.78 is 4.65. The van der Waals surface area contributed by atoms with Crippen molar-refractivity contribution in [3.63, 3.8) is 0 Å². The third-order valence-electron chi connectivity index (χ3n) is 9.70. The highest BCUT2D eigenvalue weighted by atomic mass is 31.1. The van der Waals surface area contributed by atoms with Gasteiger partial charge in [-0.2, -0.15) is 0 Å². The summed E-state index contributed by atoms with van der Waals surface area (Å²) in [5.41, 5.74) is 0. The van der Waals surface area contributed by atoms with E-state index in [-0.39, 0.29) is 7.92 Å². The van der Waals surface area contributed by atoms with Gasteiger partial charge in [0.05, 0.1) is 0 Å². The van der Waals surface area contributed by atoms with Crippen LogP contribution in [0.15, 0.2) is 0 Å². The first kappa shape index (κ1) is 16.4. The molecule has 0 heterocycles. The lowest BCUT2D eigenvalue weighted by atomic mass is 9.55. The molecule has 8 aliphatic rings. The number of hydrogen-bond acceptors (Lipinski definition) is 0. The highest BCUT2D eigenvalue weighted by Gasteiger charge is 2.62. The van der Waals surface area contributed by atoms with E-state index in [1.54, 1.807) is 77.0 Å². The Bertz CT molecular complexity index is 426. The smallest absolute Gasteiger partial charge is 0.148 e. The average molecular weight is 362 g/mol. The molecule has 1 nitrogen and oxygen atoms in total. The molecule has 0 amide bonds. The van der Waals surface area contributed by atoms with Gasteiger partial charge in [0.15, 0.2) is 0 Å². The Hall–Kier alpha value is 0.390. The molecule has 1 N–H and O–H groups in total. The van der Waals surface area contributed by atoms with Gasteiger partial charge in [-0.3, -0.25) is 0 Å². The number of ether oxygens (including phenoxy) is 1. The zero-order valence-electron chi connectivity index (χ0n) is 16.3. The summed E-state index contributed by atoms with van der Waals surface area (Å²) in [7, 11) is 2.27. The van der Waals surface area contributed by atoms with Crippen LogP contribution in [-0.2, 0) is 0 Å². The van der Waals surface area contributed by atoms with E-state index in [1.807, 2.05) is 0 Å². The molecule has 140 valence electrons. The second-order valence-corrected chi connectivity index (χ2v) is 14.7. The zero-order chi connectivity index (χ0) is 16.6. The van der Waals surface area contributed by atoms with Crippen molar-refractivity contribution in [2.24, 2.45) is 35.5 Å². The van der Waals surface area contributed by atoms with E-state index in [9.17, 15) is 0 Å². The molecule has 0 aliphatic heterocycles. The molecular weight excluding hydrogens is 323 g/mol. The van der Waals surface area contributed by atoms with Crippen molar-refractivity contribution in [3.05, 3.63) is 0 Å². The lowest BCUT2D eigenvalue weighted by molar-refractivity contribution is 0.0121. The summed E-state index contributed by atoms with van der Waals surface area (Å²) >= 11 is 0. The van der Waals surface area contributed by atoms with Crippen molar-refractivity contribution < 1.29 is 4.74 Å². The Kier molecular flexibility index (Phi) is 3.73. The van der Waals surface area contributed by atoms with Gasteiger partial charge < -0.3 is 4.74 Å². The van der Waals surface area contributed by atoms with Crippen LogP contribution in [0.4, 0.5) is 0 Å². The molecule has 0 spiro atoms. The Balaban J connectivity index is 1.37. The molecule has 2 heteroatoms. The SMILES string of the molecule is C[OH+]CCP(C12CC3CC(CC(C3)C1)C2)C12CC3CC(CC(C3)C1)C2. The van der Waals surface area contributed by atoms with Crippen LogP contribution in [0.3, 0.4) is 0 Å². The molecule has 8 fully saturated rings. The van der Waals surface area contributed by atoms with Gasteiger partial charge >= 0.3 is 0 Å². The standard InChI is InChI=1S/C23H37OP/c1-24-2-3-25(22-10-16-4-17(11-22)6-18(5-16)12-22)23-13-19-7-20(14-23)9-21(8-19)15-23/h16-21H,2-15H2,1H3/p+1. The Labute approximate surface area is 155 Å². The van der Waals surface area contributed by atoms with E-state index in [2.05, 4.69) is 11.8 Å². The maximum Gasteiger partial charge on any atom is 0.148 e. The Morgan fingerprint density at radius 2 is 0.960 bits per heavy atom. The second-order valence-electron chi connectivity index (χ2n) is 11.5. The fourth-order valence-corrected chi connectivity index (χ4v) is 15.2. The normalized spacial score (nSPS) is 56.5. The van der Waals surface area contributed by atoms with Crippen molar-refractivity contribution >= 4 is 7.92 Å². The van der Waals surface area contributed by atoms with Gasteiger partial charge in [0.1, 0.15) is 13.7 Å². The number of hydrogen-bond donors (Lipinski definition) is 0. The molecule has 8 aliphatic carbocycles. The molecule has 0 aromatic carbocycles. The average Bonchev–Trinajstić information content (AvgIpc) is 2.52. The van der Waals surface area contributed by atoms with E-state index >= 15 is 0 Å². The van der Waals surface area contributed by atoms with Gasteiger partial charge in [0.25, 0.3) is 0 Å². The monoisotopic (exact) mass is 361 g/mol. The lowest BCUT2D eigenvalue weighted by Gasteiger charge is -2.67. The van der Waals surface area contributed by atoms with E-state index in [0.29, 0.717) is 0 Å². The zero-order valence-corrected chi connectivity index (χ0v) is 17.2. The van der Waals surface area contributed by atoms with Gasteiger partial charge in [0, 0.05) is 6.16 Å². The fourth-order valence-electron chi connectivity index (χ4n) is 9.97. The van der Waals surface area contributed by atoms with Crippen molar-refractivity contribution in [3.8, 4) is 0 Å². The number of aliphatic hydroxyl groups is 2. The molecular formula is C23H38OP+. The first-order valence-corrected chi connectivity index (χ1v) is 13.0. The molecule has 0 aromatic heterocycles. The summed E-state index contributed by atoms with van der Waals surface area (Å²) in [6.45, 7) is 1.18. The predicted molar refractivity (Wildman–Crippen MR) is 107 cm³/mol. The van der Waals surface area contributed by atoms with Gasteiger partial charge in [-0.25, -0.2) is 0 Å². The topological polar surface area (TPSA) is 12.8 Å². The van der Waals surface area contributed by atoms with E-state index in [0.717, 1.165) is 45.8 Å². The first-order chi connectivity index (χ1) is 12.2. The number of rotatable bonds is 5. The molecule has 8 saturated carbocycles. The largest absolute Gasteiger partial charge is 0.436 e. The van der Waals surface area contributed by atoms with Gasteiger partial charge in [-0.15, -0.1) is 0 Å². The highest BCUT2D eigenvalue weighted by molar-refractivity contribution is 7.61. The van der Waals surface area contributed by atoms with E-state index < -0.39 is 0 Å². The molecule has 8 bridgehead atoms. The maximum absolute atomic E-state index is 4.65. The first-order valence-electron chi connectivity index (χ1n) is 11.5. The maximum atomic E-state index is 4.65. The third kappa shape index (κ3) is 2.47. The fraction of sp³-hybridized carbons (Fsp3) is 1.00. The minimum Gasteiger partial charge on any atom is -0.436 e. The lowest BCUT2D eigenvalue weighted by Crippen LogP contribution is -2.57. The van der Waals surface area contributed by atoms with Crippen molar-refractivity contribution in [1.29, 1.82) is 0 Å². The van der Waals surface area contributed by atoms with Crippen LogP contribution in [-0.4, -0.2) is 34.9 Å². The van der Waals surface area contributed by atoms with Crippen LogP contribution >= 0.6 is 7.92 Å². The van der Waals surface area contributed by atoms with Crippen LogP contribution in [0.2, 0.25) is 0 Å². The second kappa shape index (κ2) is 5.70. The molecule has 0 unspecified atom stereocenters. The van der Waals surface area contributed by atoms with Gasteiger partial charge in [-0.1, -0.05) is 7.92 Å². The molecule has 8 rings (SSSR count). The van der Waals surface area contributed by atoms with Crippen LogP contribution < -0.4 is 0 Å². The van der Waals surface area contributed by atoms with E-state index in [4.69, 9.17) is 0 Å². The van der Waals surface area contributed by atoms with Crippen LogP contribution in [0.1, 0.15) is 77.0 Å². The Morgan fingerprint density at radius 3 is 1.24 bits per heavy atom. The summed E-state index contributed by atoms with van der Waals surface area (Å²) in [5.74, 6) is 6.77. The quantitative estimate of drug-likeness (QED) is 0.449. The molecule has 0 radical (unpaired) electrons. The van der Waals surface area contributed by atoms with Crippen LogP contribution in [0.5, 0.6) is 0 Å². The minimum atomic E-state index is 0.192. The Morgan fingerprint density at radius 1 is 0.640 bits per heavy atom. The minimum absolute atomic E-state index is 0.192. The third-order valence-corrected chi connectivity index (χ3v) is 13.7. The summed E-state index contributed by atoms with van der Waals surface area (Å²) in [4.78, 5) is 0. The van der Waals surface area contributed by atoms with E-state index in [1.165, 1.54) is 12.8 Å². The van der Waals surface area contributed by atoms with Crippen molar-refractivity contribution in [1.82, 2.24) is 0 Å². The van der Waals surface area contributed by atoms with Gasteiger partial charge in [0.2, 0.25) is 0 Å². The summed E-state index contributed by atoms with van der Waals surface area (Å²) in [6, 6.07) is 0. The molecule has 25 heavy (non-hydrogen) atoms. The summed E-state index contributed by atoms with van der Waals surface area (Å²) in [5, 5.41) is 1.64. The molecule has 0 saturated heterocycles. The van der Waals surface area contributed by atoms with Crippen molar-refractivity contribution in [2.75, 3.05) is 19.9 Å². The van der Waals surface area contributed by atoms with Gasteiger partial charge in [-0.05, 0) is 123 Å². The molecule has 0 atom stereocenters. The van der Waals surface area contributed by atoms with Crippen molar-refractivity contribution in [2.45, 2.75) is 87.4 Å². The predicted octanol–water partition coefficient (Wildman–Crippen LogP) is 5.56. The van der Waals surface area contributed by atoms with Crippen LogP contribution in [0, 0.1) is 35.5 Å². The molecule has 0 aromatic rings.